The monoisotopic (exact) mass is 348 g/mol. The fourth-order valence-corrected chi connectivity index (χ4v) is 2.92. The van der Waals surface area contributed by atoms with Gasteiger partial charge in [0.2, 0.25) is 0 Å². The van der Waals surface area contributed by atoms with Gasteiger partial charge in [-0.2, -0.15) is 0 Å². The van der Waals surface area contributed by atoms with Crippen molar-refractivity contribution < 1.29 is 9.18 Å². The molecule has 7 heteroatoms. The molecule has 0 saturated heterocycles. The van der Waals surface area contributed by atoms with Gasteiger partial charge in [0.05, 0.1) is 5.52 Å². The number of H-pyrrole nitrogens is 1. The lowest BCUT2D eigenvalue weighted by Gasteiger charge is -2.11. The number of benzene rings is 1. The summed E-state index contributed by atoms with van der Waals surface area (Å²) in [5.41, 5.74) is 1.33. The molecule has 0 spiro atoms. The standard InChI is InChI=1S/C17H18ClFN4O/c1-10(2)23-6-5-20-16(23)17(24)21-4-3-11-9-22-15-13(11)7-12(18)8-14(15)19/h5-10,22H,3-4H2,1-2H3,(H,21,24). The van der Waals surface area contributed by atoms with Gasteiger partial charge in [-0.25, -0.2) is 9.37 Å². The summed E-state index contributed by atoms with van der Waals surface area (Å²) in [5, 5.41) is 3.93. The van der Waals surface area contributed by atoms with Crippen molar-refractivity contribution in [3.05, 3.63) is 53.0 Å². The SMILES string of the molecule is CC(C)n1ccnc1C(=O)NCCc1c[nH]c2c(F)cc(Cl)cc12. The van der Waals surface area contributed by atoms with Crippen molar-refractivity contribution in [2.24, 2.45) is 0 Å². The quantitative estimate of drug-likeness (QED) is 0.738. The number of carbonyl (C=O) groups is 1. The van der Waals surface area contributed by atoms with E-state index in [0.717, 1.165) is 10.9 Å². The Hall–Kier alpha value is -2.34. The summed E-state index contributed by atoms with van der Waals surface area (Å²) in [6.07, 6.45) is 5.70. The molecule has 2 heterocycles. The zero-order valence-corrected chi connectivity index (χ0v) is 14.2. The molecule has 3 rings (SSSR count). The minimum atomic E-state index is -0.383. The van der Waals surface area contributed by atoms with E-state index < -0.39 is 0 Å². The molecule has 0 aliphatic carbocycles. The van der Waals surface area contributed by atoms with E-state index in [9.17, 15) is 9.18 Å². The minimum Gasteiger partial charge on any atom is -0.359 e. The van der Waals surface area contributed by atoms with E-state index in [-0.39, 0.29) is 17.8 Å². The molecule has 0 radical (unpaired) electrons. The van der Waals surface area contributed by atoms with Crippen LogP contribution in [0.15, 0.2) is 30.7 Å². The fraction of sp³-hybridized carbons (Fsp3) is 0.294. The number of rotatable bonds is 5. The highest BCUT2D eigenvalue weighted by atomic mass is 35.5. The summed E-state index contributed by atoms with van der Waals surface area (Å²) >= 11 is 5.92. The Labute approximate surface area is 143 Å². The van der Waals surface area contributed by atoms with Crippen molar-refractivity contribution >= 4 is 28.4 Å². The van der Waals surface area contributed by atoms with Gasteiger partial charge in [-0.15, -0.1) is 0 Å². The van der Waals surface area contributed by atoms with Gasteiger partial charge in [-0.1, -0.05) is 11.6 Å². The molecule has 2 N–H and O–H groups in total. The number of aromatic amines is 1. The summed E-state index contributed by atoms with van der Waals surface area (Å²) in [6.45, 7) is 4.40. The third kappa shape index (κ3) is 3.14. The van der Waals surface area contributed by atoms with Gasteiger partial charge >= 0.3 is 0 Å². The number of carbonyl (C=O) groups excluding carboxylic acids is 1. The highest BCUT2D eigenvalue weighted by molar-refractivity contribution is 6.31. The van der Waals surface area contributed by atoms with Crippen LogP contribution >= 0.6 is 11.6 Å². The Kier molecular flexibility index (Phi) is 4.57. The largest absolute Gasteiger partial charge is 0.359 e. The molecule has 0 fully saturated rings. The number of nitrogens with zero attached hydrogens (tertiary/aromatic N) is 2. The Balaban J connectivity index is 1.69. The van der Waals surface area contributed by atoms with Gasteiger partial charge < -0.3 is 14.9 Å². The van der Waals surface area contributed by atoms with Gasteiger partial charge in [0.25, 0.3) is 5.91 Å². The van der Waals surface area contributed by atoms with Crippen LogP contribution in [-0.4, -0.2) is 27.0 Å². The molecule has 0 unspecified atom stereocenters. The average Bonchev–Trinajstić information content (AvgIpc) is 3.14. The van der Waals surface area contributed by atoms with Crippen LogP contribution in [-0.2, 0) is 6.42 Å². The third-order valence-corrected chi connectivity index (χ3v) is 4.12. The zero-order valence-electron chi connectivity index (χ0n) is 13.4. The Morgan fingerprint density at radius 2 is 2.25 bits per heavy atom. The maximum absolute atomic E-state index is 13.8. The lowest BCUT2D eigenvalue weighted by Crippen LogP contribution is -2.29. The zero-order chi connectivity index (χ0) is 17.3. The summed E-state index contributed by atoms with van der Waals surface area (Å²) in [6, 6.07) is 3.16. The average molecular weight is 349 g/mol. The van der Waals surface area contributed by atoms with Crippen LogP contribution in [0.3, 0.4) is 0 Å². The lowest BCUT2D eigenvalue weighted by atomic mass is 10.1. The minimum absolute atomic E-state index is 0.159. The molecule has 0 aliphatic heterocycles. The fourth-order valence-electron chi connectivity index (χ4n) is 2.71. The van der Waals surface area contributed by atoms with Crippen LogP contribution in [0.25, 0.3) is 10.9 Å². The van der Waals surface area contributed by atoms with Crippen molar-refractivity contribution in [3.63, 3.8) is 0 Å². The molecule has 24 heavy (non-hydrogen) atoms. The van der Waals surface area contributed by atoms with E-state index in [1.807, 2.05) is 18.4 Å². The summed E-state index contributed by atoms with van der Waals surface area (Å²) in [5.74, 6) is -0.220. The number of imidazole rings is 1. The Morgan fingerprint density at radius 3 is 3.00 bits per heavy atom. The van der Waals surface area contributed by atoms with Crippen molar-refractivity contribution in [3.8, 4) is 0 Å². The van der Waals surface area contributed by atoms with Crippen LogP contribution in [0.1, 0.15) is 36.1 Å². The van der Waals surface area contributed by atoms with Crippen LogP contribution in [0.4, 0.5) is 4.39 Å². The molecular weight excluding hydrogens is 331 g/mol. The van der Waals surface area contributed by atoms with Crippen LogP contribution in [0.2, 0.25) is 5.02 Å². The summed E-state index contributed by atoms with van der Waals surface area (Å²) in [4.78, 5) is 19.3. The number of amides is 1. The maximum atomic E-state index is 13.8. The lowest BCUT2D eigenvalue weighted by molar-refractivity contribution is 0.0938. The van der Waals surface area contributed by atoms with Gasteiger partial charge in [0, 0.05) is 41.6 Å². The molecular formula is C17H18ClFN4O. The molecule has 2 aromatic heterocycles. The van der Waals surface area contributed by atoms with Crippen molar-refractivity contribution in [1.82, 2.24) is 19.9 Å². The first kappa shape index (κ1) is 16.5. The Bertz CT molecular complexity index is 884. The van der Waals surface area contributed by atoms with Crippen molar-refractivity contribution in [2.75, 3.05) is 6.54 Å². The number of fused-ring (bicyclic) bond motifs is 1. The molecule has 1 amide bonds. The molecule has 0 bridgehead atoms. The van der Waals surface area contributed by atoms with Crippen molar-refractivity contribution in [2.45, 2.75) is 26.3 Å². The number of aromatic nitrogens is 3. The molecule has 5 nitrogen and oxygen atoms in total. The first-order valence-electron chi connectivity index (χ1n) is 7.73. The number of nitrogens with one attached hydrogen (secondary N) is 2. The van der Waals surface area contributed by atoms with E-state index in [2.05, 4.69) is 15.3 Å². The van der Waals surface area contributed by atoms with E-state index in [4.69, 9.17) is 11.6 Å². The third-order valence-electron chi connectivity index (χ3n) is 3.90. The molecule has 0 saturated carbocycles. The van der Waals surface area contributed by atoms with Crippen molar-refractivity contribution in [1.29, 1.82) is 0 Å². The molecule has 126 valence electrons. The van der Waals surface area contributed by atoms with Crippen LogP contribution in [0, 0.1) is 5.82 Å². The van der Waals surface area contributed by atoms with Gasteiger partial charge in [-0.3, -0.25) is 4.79 Å². The van der Waals surface area contributed by atoms with Crippen LogP contribution < -0.4 is 5.32 Å². The second kappa shape index (κ2) is 6.65. The highest BCUT2D eigenvalue weighted by Crippen LogP contribution is 2.25. The second-order valence-corrected chi connectivity index (χ2v) is 6.32. The molecule has 3 aromatic rings. The molecule has 0 atom stereocenters. The second-order valence-electron chi connectivity index (χ2n) is 5.88. The van der Waals surface area contributed by atoms with Crippen LogP contribution in [0.5, 0.6) is 0 Å². The molecule has 1 aromatic carbocycles. The maximum Gasteiger partial charge on any atom is 0.287 e. The van der Waals surface area contributed by atoms with Gasteiger partial charge in [0.1, 0.15) is 5.82 Å². The topological polar surface area (TPSA) is 62.7 Å². The van der Waals surface area contributed by atoms with Gasteiger partial charge in [-0.05, 0) is 38.0 Å². The van der Waals surface area contributed by atoms with E-state index in [1.54, 1.807) is 24.7 Å². The first-order valence-corrected chi connectivity index (χ1v) is 8.11. The smallest absolute Gasteiger partial charge is 0.287 e. The summed E-state index contributed by atoms with van der Waals surface area (Å²) in [7, 11) is 0. The predicted molar refractivity (Wildman–Crippen MR) is 91.9 cm³/mol. The number of hydrogen-bond acceptors (Lipinski definition) is 2. The van der Waals surface area contributed by atoms with Gasteiger partial charge in [0.15, 0.2) is 5.82 Å². The Morgan fingerprint density at radius 1 is 1.46 bits per heavy atom. The van der Waals surface area contributed by atoms with E-state index in [1.165, 1.54) is 6.07 Å². The predicted octanol–water partition coefficient (Wildman–Crippen LogP) is 3.71. The normalized spacial score (nSPS) is 11.4. The molecule has 0 aliphatic rings. The van der Waals surface area contributed by atoms with E-state index in [0.29, 0.717) is 29.3 Å². The number of halogens is 2. The number of hydrogen-bond donors (Lipinski definition) is 2. The highest BCUT2D eigenvalue weighted by Gasteiger charge is 2.15. The van der Waals surface area contributed by atoms with E-state index >= 15 is 0 Å². The first-order chi connectivity index (χ1) is 11.5. The summed E-state index contributed by atoms with van der Waals surface area (Å²) < 4.78 is 15.6.